The highest BCUT2D eigenvalue weighted by Gasteiger charge is 2.13. The van der Waals surface area contributed by atoms with Crippen molar-refractivity contribution in [3.63, 3.8) is 0 Å². The average Bonchev–Trinajstić information content (AvgIpc) is 3.33. The first-order chi connectivity index (χ1) is 13.1. The molecule has 0 spiro atoms. The first-order valence-corrected chi connectivity index (χ1v) is 8.34. The van der Waals surface area contributed by atoms with Crippen LogP contribution in [-0.2, 0) is 0 Å². The molecule has 0 unspecified atom stereocenters. The maximum atomic E-state index is 12.1. The molecule has 0 bridgehead atoms. The van der Waals surface area contributed by atoms with Crippen LogP contribution in [0.5, 0.6) is 11.5 Å². The lowest BCUT2D eigenvalue weighted by Gasteiger charge is -2.14. The third-order valence-electron chi connectivity index (χ3n) is 3.55. The number of methoxy groups -OCH3 is 1. The molecule has 1 aromatic carbocycles. The van der Waals surface area contributed by atoms with E-state index in [9.17, 15) is 4.79 Å². The van der Waals surface area contributed by atoms with Gasteiger partial charge in [0, 0.05) is 5.56 Å². The number of aromatic nitrogens is 2. The molecule has 140 valence electrons. The van der Waals surface area contributed by atoms with Gasteiger partial charge in [0.15, 0.2) is 11.5 Å². The molecule has 0 fully saturated rings. The number of hydrazone groups is 1. The number of benzene rings is 1. The van der Waals surface area contributed by atoms with Gasteiger partial charge in [-0.25, -0.2) is 5.43 Å². The second-order valence-corrected chi connectivity index (χ2v) is 5.91. The van der Waals surface area contributed by atoms with E-state index in [1.165, 1.54) is 12.5 Å². The summed E-state index contributed by atoms with van der Waals surface area (Å²) in [6, 6.07) is 10.6. The monoisotopic (exact) mass is 368 g/mol. The maximum absolute atomic E-state index is 12.1. The zero-order chi connectivity index (χ0) is 19.2. The standard InChI is InChI=1S/C19H20N4O4/c1-12(2)27-17-7-6-13(9-18(17)25-3)15-10-16(22-21-15)19(24)23-20-11-14-5-4-8-26-14/h4-12H,1-3H3,(H,21,22)(H,23,24)/b20-11-. The minimum Gasteiger partial charge on any atom is -0.493 e. The third kappa shape index (κ3) is 4.55. The van der Waals surface area contributed by atoms with Crippen LogP contribution >= 0.6 is 0 Å². The number of carbonyl (C=O) groups is 1. The molecule has 27 heavy (non-hydrogen) atoms. The van der Waals surface area contributed by atoms with Crippen LogP contribution in [0, 0.1) is 0 Å². The summed E-state index contributed by atoms with van der Waals surface area (Å²) in [5.74, 6) is 1.37. The highest BCUT2D eigenvalue weighted by atomic mass is 16.5. The molecule has 0 saturated heterocycles. The van der Waals surface area contributed by atoms with Crippen molar-refractivity contribution in [2.45, 2.75) is 20.0 Å². The Morgan fingerprint density at radius 2 is 2.15 bits per heavy atom. The number of rotatable bonds is 7. The van der Waals surface area contributed by atoms with Crippen molar-refractivity contribution in [2.75, 3.05) is 7.11 Å². The molecular formula is C19H20N4O4. The lowest BCUT2D eigenvalue weighted by molar-refractivity contribution is 0.0950. The Hall–Kier alpha value is -3.55. The van der Waals surface area contributed by atoms with Crippen molar-refractivity contribution in [3.05, 3.63) is 54.1 Å². The fraction of sp³-hybridized carbons (Fsp3) is 0.211. The van der Waals surface area contributed by atoms with Crippen LogP contribution in [-0.4, -0.2) is 35.5 Å². The number of nitrogens with one attached hydrogen (secondary N) is 2. The van der Waals surface area contributed by atoms with Crippen molar-refractivity contribution < 1.29 is 18.7 Å². The van der Waals surface area contributed by atoms with Crippen LogP contribution in [0.3, 0.4) is 0 Å². The first-order valence-electron chi connectivity index (χ1n) is 8.34. The summed E-state index contributed by atoms with van der Waals surface area (Å²) in [6.45, 7) is 3.89. The number of hydrogen-bond donors (Lipinski definition) is 2. The van der Waals surface area contributed by atoms with Gasteiger partial charge in [0.05, 0.1) is 31.4 Å². The Morgan fingerprint density at radius 3 is 2.85 bits per heavy atom. The van der Waals surface area contributed by atoms with E-state index >= 15 is 0 Å². The molecule has 2 heterocycles. The normalized spacial score (nSPS) is 11.1. The average molecular weight is 368 g/mol. The van der Waals surface area contributed by atoms with E-state index in [-0.39, 0.29) is 11.8 Å². The van der Waals surface area contributed by atoms with Crippen LogP contribution in [0.4, 0.5) is 0 Å². The summed E-state index contributed by atoms with van der Waals surface area (Å²) in [7, 11) is 1.58. The van der Waals surface area contributed by atoms with E-state index in [0.717, 1.165) is 5.56 Å². The van der Waals surface area contributed by atoms with Crippen molar-refractivity contribution in [3.8, 4) is 22.8 Å². The van der Waals surface area contributed by atoms with Crippen molar-refractivity contribution in [2.24, 2.45) is 5.10 Å². The Kier molecular flexibility index (Phi) is 5.55. The second kappa shape index (κ2) is 8.22. The molecule has 2 N–H and O–H groups in total. The highest BCUT2D eigenvalue weighted by molar-refractivity contribution is 5.94. The number of nitrogens with zero attached hydrogens (tertiary/aromatic N) is 2. The summed E-state index contributed by atoms with van der Waals surface area (Å²) in [4.78, 5) is 12.1. The molecule has 1 amide bonds. The van der Waals surface area contributed by atoms with Crippen molar-refractivity contribution in [1.82, 2.24) is 15.6 Å². The molecule has 8 nitrogen and oxygen atoms in total. The number of ether oxygens (including phenoxy) is 2. The Bertz CT molecular complexity index is 929. The van der Waals surface area contributed by atoms with Gasteiger partial charge in [-0.1, -0.05) is 0 Å². The van der Waals surface area contributed by atoms with Gasteiger partial charge in [-0.3, -0.25) is 9.89 Å². The molecule has 0 radical (unpaired) electrons. The molecular weight excluding hydrogens is 348 g/mol. The summed E-state index contributed by atoms with van der Waals surface area (Å²) in [5, 5.41) is 10.7. The molecule has 0 aliphatic heterocycles. The quantitative estimate of drug-likeness (QED) is 0.492. The van der Waals surface area contributed by atoms with Crippen LogP contribution in [0.15, 0.2) is 52.2 Å². The van der Waals surface area contributed by atoms with Gasteiger partial charge >= 0.3 is 0 Å². The number of aromatic amines is 1. The van der Waals surface area contributed by atoms with Crippen LogP contribution in [0.2, 0.25) is 0 Å². The van der Waals surface area contributed by atoms with E-state index in [1.54, 1.807) is 25.3 Å². The first kappa shape index (κ1) is 18.2. The lowest BCUT2D eigenvalue weighted by Crippen LogP contribution is -2.17. The van der Waals surface area contributed by atoms with Gasteiger partial charge in [0.1, 0.15) is 11.5 Å². The van der Waals surface area contributed by atoms with Crippen LogP contribution in [0.25, 0.3) is 11.3 Å². The van der Waals surface area contributed by atoms with Gasteiger partial charge < -0.3 is 13.9 Å². The van der Waals surface area contributed by atoms with Crippen LogP contribution < -0.4 is 14.9 Å². The van der Waals surface area contributed by atoms with E-state index in [0.29, 0.717) is 23.0 Å². The highest BCUT2D eigenvalue weighted by Crippen LogP contribution is 2.32. The Balaban J connectivity index is 1.72. The SMILES string of the molecule is COc1cc(-c2cc(C(=O)N/N=C\c3ccco3)[nH]n2)ccc1OC(C)C. The van der Waals surface area contributed by atoms with Crippen molar-refractivity contribution in [1.29, 1.82) is 0 Å². The largest absolute Gasteiger partial charge is 0.493 e. The molecule has 8 heteroatoms. The lowest BCUT2D eigenvalue weighted by atomic mass is 10.1. The fourth-order valence-corrected chi connectivity index (χ4v) is 2.34. The second-order valence-electron chi connectivity index (χ2n) is 5.91. The summed E-state index contributed by atoms with van der Waals surface area (Å²) < 4.78 is 16.2. The van der Waals surface area contributed by atoms with E-state index in [1.807, 2.05) is 32.0 Å². The van der Waals surface area contributed by atoms with E-state index in [2.05, 4.69) is 20.7 Å². The number of carbonyl (C=O) groups excluding carboxylic acids is 1. The predicted molar refractivity (Wildman–Crippen MR) is 100 cm³/mol. The zero-order valence-electron chi connectivity index (χ0n) is 15.2. The zero-order valence-corrected chi connectivity index (χ0v) is 15.2. The predicted octanol–water partition coefficient (Wildman–Crippen LogP) is 3.23. The summed E-state index contributed by atoms with van der Waals surface area (Å²) in [6.07, 6.45) is 2.97. The Labute approximate surface area is 156 Å². The molecule has 0 aliphatic carbocycles. The van der Waals surface area contributed by atoms with Gasteiger partial charge in [-0.2, -0.15) is 10.2 Å². The van der Waals surface area contributed by atoms with Gasteiger partial charge in [-0.05, 0) is 50.2 Å². The minimum absolute atomic E-state index is 0.0344. The number of amides is 1. The van der Waals surface area contributed by atoms with Gasteiger partial charge in [-0.15, -0.1) is 0 Å². The minimum atomic E-state index is -0.414. The number of H-pyrrole nitrogens is 1. The van der Waals surface area contributed by atoms with Gasteiger partial charge in [0.25, 0.3) is 5.91 Å². The van der Waals surface area contributed by atoms with Gasteiger partial charge in [0.2, 0.25) is 0 Å². The number of hydrogen-bond acceptors (Lipinski definition) is 6. The molecule has 2 aromatic heterocycles. The third-order valence-corrected chi connectivity index (χ3v) is 3.55. The number of furan rings is 1. The molecule has 0 saturated carbocycles. The van der Waals surface area contributed by atoms with Crippen molar-refractivity contribution >= 4 is 12.1 Å². The van der Waals surface area contributed by atoms with Crippen LogP contribution in [0.1, 0.15) is 30.1 Å². The summed E-state index contributed by atoms with van der Waals surface area (Å²) in [5.41, 5.74) is 4.08. The fourth-order valence-electron chi connectivity index (χ4n) is 2.34. The molecule has 3 rings (SSSR count). The van der Waals surface area contributed by atoms with E-state index in [4.69, 9.17) is 13.9 Å². The molecule has 0 aliphatic rings. The maximum Gasteiger partial charge on any atom is 0.289 e. The molecule has 3 aromatic rings. The van der Waals surface area contributed by atoms with E-state index < -0.39 is 5.91 Å². The summed E-state index contributed by atoms with van der Waals surface area (Å²) >= 11 is 0. The topological polar surface area (TPSA) is 102 Å². The Morgan fingerprint density at radius 1 is 1.30 bits per heavy atom. The smallest absolute Gasteiger partial charge is 0.289 e. The molecule has 0 atom stereocenters.